The number of aryl methyl sites for hydroxylation is 1. The van der Waals surface area contributed by atoms with Gasteiger partial charge in [-0.1, -0.05) is 28.1 Å². The molecule has 0 spiro atoms. The average molecular weight is 294 g/mol. The van der Waals surface area contributed by atoms with Crippen molar-refractivity contribution in [2.45, 2.75) is 6.54 Å². The Kier molecular flexibility index (Phi) is 3.58. The fraction of sp³-hybridized carbons (Fsp3) is 0.167. The number of hydrogen-bond acceptors (Lipinski definition) is 2. The lowest BCUT2D eigenvalue weighted by atomic mass is 10.2. The van der Waals surface area contributed by atoms with E-state index in [0.717, 1.165) is 10.0 Å². The number of aromatic nitrogens is 2. The first-order chi connectivity index (χ1) is 8.16. The monoisotopic (exact) mass is 293 g/mol. The van der Waals surface area contributed by atoms with Crippen LogP contribution in [0.1, 0.15) is 16.1 Å². The van der Waals surface area contributed by atoms with Gasteiger partial charge in [0.05, 0.1) is 0 Å². The van der Waals surface area contributed by atoms with Crippen LogP contribution in [0.5, 0.6) is 0 Å². The van der Waals surface area contributed by atoms with Gasteiger partial charge in [-0.05, 0) is 23.8 Å². The Labute approximate surface area is 108 Å². The molecule has 5 heteroatoms. The van der Waals surface area contributed by atoms with Crippen molar-refractivity contribution in [3.05, 3.63) is 52.3 Å². The summed E-state index contributed by atoms with van der Waals surface area (Å²) in [6, 6.07) is 9.52. The fourth-order valence-electron chi connectivity index (χ4n) is 1.47. The van der Waals surface area contributed by atoms with Gasteiger partial charge in [0, 0.05) is 24.3 Å². The fourth-order valence-corrected chi connectivity index (χ4v) is 1.74. The van der Waals surface area contributed by atoms with Crippen molar-refractivity contribution in [3.8, 4) is 0 Å². The lowest BCUT2D eigenvalue weighted by Crippen LogP contribution is -2.25. The molecule has 1 aromatic heterocycles. The van der Waals surface area contributed by atoms with Crippen molar-refractivity contribution in [1.82, 2.24) is 15.1 Å². The number of nitrogens with zero attached hydrogens (tertiary/aromatic N) is 2. The van der Waals surface area contributed by atoms with E-state index in [9.17, 15) is 4.79 Å². The quantitative estimate of drug-likeness (QED) is 0.942. The molecule has 0 fully saturated rings. The Balaban J connectivity index is 1.97. The van der Waals surface area contributed by atoms with E-state index in [1.165, 1.54) is 0 Å². The molecule has 0 saturated carbocycles. The zero-order valence-corrected chi connectivity index (χ0v) is 10.9. The van der Waals surface area contributed by atoms with Crippen molar-refractivity contribution >= 4 is 21.8 Å². The molecule has 4 nitrogen and oxygen atoms in total. The van der Waals surface area contributed by atoms with Gasteiger partial charge >= 0.3 is 0 Å². The first-order valence-corrected chi connectivity index (χ1v) is 5.97. The molecule has 1 amide bonds. The SMILES string of the molecule is Cn1nccc1C(=O)NCc1ccc(Br)cc1. The molecule has 0 bridgehead atoms. The van der Waals surface area contributed by atoms with Crippen LogP contribution in [0.15, 0.2) is 41.0 Å². The third-order valence-electron chi connectivity index (χ3n) is 2.42. The van der Waals surface area contributed by atoms with Crippen LogP contribution >= 0.6 is 15.9 Å². The Bertz CT molecular complexity index is 519. The molecule has 88 valence electrons. The number of rotatable bonds is 3. The predicted molar refractivity (Wildman–Crippen MR) is 68.5 cm³/mol. The van der Waals surface area contributed by atoms with E-state index in [4.69, 9.17) is 0 Å². The smallest absolute Gasteiger partial charge is 0.269 e. The van der Waals surface area contributed by atoms with Crippen molar-refractivity contribution in [2.75, 3.05) is 0 Å². The second kappa shape index (κ2) is 5.14. The Hall–Kier alpha value is -1.62. The van der Waals surface area contributed by atoms with Gasteiger partial charge in [-0.15, -0.1) is 0 Å². The van der Waals surface area contributed by atoms with Crippen molar-refractivity contribution < 1.29 is 4.79 Å². The van der Waals surface area contributed by atoms with Gasteiger partial charge in [-0.2, -0.15) is 5.10 Å². The standard InChI is InChI=1S/C12H12BrN3O/c1-16-11(6-7-15-16)12(17)14-8-9-2-4-10(13)5-3-9/h2-7H,8H2,1H3,(H,14,17). The molecule has 2 rings (SSSR count). The lowest BCUT2D eigenvalue weighted by molar-refractivity contribution is 0.0941. The second-order valence-electron chi connectivity index (χ2n) is 3.65. The van der Waals surface area contributed by atoms with Gasteiger partial charge in [-0.25, -0.2) is 0 Å². The van der Waals surface area contributed by atoms with E-state index in [-0.39, 0.29) is 5.91 Å². The summed E-state index contributed by atoms with van der Waals surface area (Å²) in [4.78, 5) is 11.8. The van der Waals surface area contributed by atoms with Crippen LogP contribution in [0.25, 0.3) is 0 Å². The molecule has 2 aromatic rings. The summed E-state index contributed by atoms with van der Waals surface area (Å²) in [6.45, 7) is 0.511. The summed E-state index contributed by atoms with van der Waals surface area (Å²) >= 11 is 3.37. The molecule has 1 N–H and O–H groups in total. The Morgan fingerprint density at radius 1 is 1.35 bits per heavy atom. The van der Waals surface area contributed by atoms with E-state index >= 15 is 0 Å². The van der Waals surface area contributed by atoms with Gasteiger partial charge in [0.15, 0.2) is 0 Å². The number of carbonyl (C=O) groups excluding carboxylic acids is 1. The summed E-state index contributed by atoms with van der Waals surface area (Å²) < 4.78 is 2.58. The Morgan fingerprint density at radius 2 is 2.06 bits per heavy atom. The number of nitrogens with one attached hydrogen (secondary N) is 1. The van der Waals surface area contributed by atoms with Gasteiger partial charge in [-0.3, -0.25) is 9.48 Å². The van der Waals surface area contributed by atoms with Crippen LogP contribution < -0.4 is 5.32 Å². The van der Waals surface area contributed by atoms with E-state index in [1.807, 2.05) is 24.3 Å². The highest BCUT2D eigenvalue weighted by molar-refractivity contribution is 9.10. The van der Waals surface area contributed by atoms with Crippen molar-refractivity contribution in [1.29, 1.82) is 0 Å². The molecule has 0 aliphatic heterocycles. The number of carbonyl (C=O) groups is 1. The first-order valence-electron chi connectivity index (χ1n) is 5.17. The largest absolute Gasteiger partial charge is 0.347 e. The Morgan fingerprint density at radius 3 is 2.65 bits per heavy atom. The molecule has 17 heavy (non-hydrogen) atoms. The normalized spacial score (nSPS) is 10.2. The summed E-state index contributed by atoms with van der Waals surface area (Å²) in [5.74, 6) is -0.118. The minimum Gasteiger partial charge on any atom is -0.347 e. The number of hydrogen-bond donors (Lipinski definition) is 1. The number of halogens is 1. The first kappa shape index (κ1) is 11.9. The topological polar surface area (TPSA) is 46.9 Å². The molecule has 1 aromatic carbocycles. The summed E-state index contributed by atoms with van der Waals surface area (Å²) in [6.07, 6.45) is 1.61. The third-order valence-corrected chi connectivity index (χ3v) is 2.95. The van der Waals surface area contributed by atoms with Crippen molar-refractivity contribution in [3.63, 3.8) is 0 Å². The van der Waals surface area contributed by atoms with Crippen molar-refractivity contribution in [2.24, 2.45) is 7.05 Å². The highest BCUT2D eigenvalue weighted by atomic mass is 79.9. The van der Waals surface area contributed by atoms with E-state index in [0.29, 0.717) is 12.2 Å². The van der Waals surface area contributed by atoms with E-state index in [1.54, 1.807) is 24.0 Å². The van der Waals surface area contributed by atoms with Crippen LogP contribution in [0.2, 0.25) is 0 Å². The highest BCUT2D eigenvalue weighted by Gasteiger charge is 2.08. The molecule has 0 aliphatic carbocycles. The highest BCUT2D eigenvalue weighted by Crippen LogP contribution is 2.10. The molecule has 0 aliphatic rings. The van der Waals surface area contributed by atoms with Crippen LogP contribution in [0, 0.1) is 0 Å². The molecule has 0 atom stereocenters. The van der Waals surface area contributed by atoms with Crippen LogP contribution in [-0.2, 0) is 13.6 Å². The number of amides is 1. The minimum atomic E-state index is -0.118. The maximum Gasteiger partial charge on any atom is 0.269 e. The van der Waals surface area contributed by atoms with E-state index in [2.05, 4.69) is 26.3 Å². The molecular formula is C12H12BrN3O. The maximum atomic E-state index is 11.8. The molecule has 0 radical (unpaired) electrons. The number of benzene rings is 1. The molecular weight excluding hydrogens is 282 g/mol. The maximum absolute atomic E-state index is 11.8. The van der Waals surface area contributed by atoms with Gasteiger partial charge < -0.3 is 5.32 Å². The van der Waals surface area contributed by atoms with E-state index < -0.39 is 0 Å². The van der Waals surface area contributed by atoms with Crippen LogP contribution in [0.4, 0.5) is 0 Å². The predicted octanol–water partition coefficient (Wildman–Crippen LogP) is 2.11. The van der Waals surface area contributed by atoms with Gasteiger partial charge in [0.25, 0.3) is 5.91 Å². The lowest BCUT2D eigenvalue weighted by Gasteiger charge is -2.05. The second-order valence-corrected chi connectivity index (χ2v) is 4.56. The third kappa shape index (κ3) is 2.94. The van der Waals surface area contributed by atoms with Gasteiger partial charge in [0.2, 0.25) is 0 Å². The molecule has 1 heterocycles. The summed E-state index contributed by atoms with van der Waals surface area (Å²) in [5.41, 5.74) is 1.62. The average Bonchev–Trinajstić information content (AvgIpc) is 2.74. The van der Waals surface area contributed by atoms with Crippen LogP contribution in [-0.4, -0.2) is 15.7 Å². The zero-order chi connectivity index (χ0) is 12.3. The van der Waals surface area contributed by atoms with Gasteiger partial charge in [0.1, 0.15) is 5.69 Å². The van der Waals surface area contributed by atoms with Crippen LogP contribution in [0.3, 0.4) is 0 Å². The zero-order valence-electron chi connectivity index (χ0n) is 9.35. The minimum absolute atomic E-state index is 0.118. The summed E-state index contributed by atoms with van der Waals surface area (Å²) in [5, 5.41) is 6.80. The molecule has 0 unspecified atom stereocenters. The molecule has 0 saturated heterocycles. The summed E-state index contributed by atoms with van der Waals surface area (Å²) in [7, 11) is 1.74.